The van der Waals surface area contributed by atoms with Crippen molar-refractivity contribution in [2.75, 3.05) is 19.6 Å². The van der Waals surface area contributed by atoms with Crippen molar-refractivity contribution in [2.24, 2.45) is 5.92 Å². The Hall–Kier alpha value is -0.140. The number of nitrogens with one attached hydrogen (secondary N) is 1. The Morgan fingerprint density at radius 2 is 2.15 bits per heavy atom. The highest BCUT2D eigenvalue weighted by Crippen LogP contribution is 2.31. The van der Waals surface area contributed by atoms with E-state index in [4.69, 9.17) is 11.6 Å². The van der Waals surface area contributed by atoms with Crippen LogP contribution in [0.25, 0.3) is 0 Å². The standard InChI is InChI=1S/C13H16BrClN2O2S/c14-11-6-10(3-4-12(11)15)20(18,19)17-7-9-2-1-5-16-13(9)8-17/h3-4,6,9,13,16H,1-2,5,7-8H2. The fraction of sp³-hybridized carbons (Fsp3) is 0.538. The summed E-state index contributed by atoms with van der Waals surface area (Å²) in [6.45, 7) is 2.16. The van der Waals surface area contributed by atoms with Crippen LogP contribution in [0, 0.1) is 5.92 Å². The molecule has 1 aromatic carbocycles. The number of halogens is 2. The van der Waals surface area contributed by atoms with Crippen LogP contribution < -0.4 is 5.32 Å². The number of nitrogens with zero attached hydrogens (tertiary/aromatic N) is 1. The molecule has 2 unspecified atom stereocenters. The van der Waals surface area contributed by atoms with Crippen molar-refractivity contribution in [3.63, 3.8) is 0 Å². The van der Waals surface area contributed by atoms with E-state index in [1.807, 2.05) is 0 Å². The van der Waals surface area contributed by atoms with Gasteiger partial charge in [0.15, 0.2) is 0 Å². The predicted octanol–water partition coefficient (Wildman–Crippen LogP) is 2.48. The molecule has 3 rings (SSSR count). The second-order valence-electron chi connectivity index (χ2n) is 5.36. The topological polar surface area (TPSA) is 49.4 Å². The summed E-state index contributed by atoms with van der Waals surface area (Å²) in [6, 6.07) is 5.06. The van der Waals surface area contributed by atoms with E-state index in [2.05, 4.69) is 21.2 Å². The number of piperidine rings is 1. The SMILES string of the molecule is O=S(=O)(c1ccc(Cl)c(Br)c1)N1CC2CCCNC2C1. The third-order valence-corrected chi connectivity index (χ3v) is 7.14. The molecule has 2 aliphatic heterocycles. The van der Waals surface area contributed by atoms with E-state index in [0.717, 1.165) is 19.4 Å². The van der Waals surface area contributed by atoms with Gasteiger partial charge >= 0.3 is 0 Å². The van der Waals surface area contributed by atoms with Crippen molar-refractivity contribution in [3.05, 3.63) is 27.7 Å². The summed E-state index contributed by atoms with van der Waals surface area (Å²) in [4.78, 5) is 0.299. The number of hydrogen-bond acceptors (Lipinski definition) is 3. The normalized spacial score (nSPS) is 27.5. The molecule has 0 aromatic heterocycles. The van der Waals surface area contributed by atoms with E-state index in [0.29, 0.717) is 39.4 Å². The van der Waals surface area contributed by atoms with E-state index in [1.165, 1.54) is 0 Å². The van der Waals surface area contributed by atoms with Crippen molar-refractivity contribution < 1.29 is 8.42 Å². The highest BCUT2D eigenvalue weighted by Gasteiger charge is 2.40. The molecule has 1 aromatic rings. The van der Waals surface area contributed by atoms with Gasteiger partial charge < -0.3 is 5.32 Å². The van der Waals surface area contributed by atoms with E-state index in [-0.39, 0.29) is 0 Å². The Balaban J connectivity index is 1.86. The third-order valence-electron chi connectivity index (χ3n) is 4.09. The summed E-state index contributed by atoms with van der Waals surface area (Å²) in [5.41, 5.74) is 0. The lowest BCUT2D eigenvalue weighted by Crippen LogP contribution is -2.41. The van der Waals surface area contributed by atoms with Crippen LogP contribution in [0.4, 0.5) is 0 Å². The maximum atomic E-state index is 12.7. The molecule has 20 heavy (non-hydrogen) atoms. The molecule has 0 radical (unpaired) electrons. The summed E-state index contributed by atoms with van der Waals surface area (Å²) in [5.74, 6) is 0.439. The van der Waals surface area contributed by atoms with Gasteiger partial charge in [-0.25, -0.2) is 8.42 Å². The molecule has 2 fully saturated rings. The molecule has 2 saturated heterocycles. The van der Waals surface area contributed by atoms with Crippen molar-refractivity contribution >= 4 is 37.6 Å². The van der Waals surface area contributed by atoms with E-state index in [9.17, 15) is 8.42 Å². The van der Waals surface area contributed by atoms with Crippen LogP contribution in [0.1, 0.15) is 12.8 Å². The summed E-state index contributed by atoms with van der Waals surface area (Å²) in [7, 11) is -3.43. The van der Waals surface area contributed by atoms with Crippen LogP contribution in [-0.4, -0.2) is 38.4 Å². The third kappa shape index (κ3) is 2.64. The zero-order chi connectivity index (χ0) is 14.3. The zero-order valence-corrected chi connectivity index (χ0v) is 14.0. The lowest BCUT2D eigenvalue weighted by molar-refractivity contribution is 0.339. The Bertz CT molecular complexity index is 609. The number of fused-ring (bicyclic) bond motifs is 1. The summed E-state index contributed by atoms with van der Waals surface area (Å²) in [6.07, 6.45) is 2.23. The second kappa shape index (κ2) is 5.57. The maximum absolute atomic E-state index is 12.7. The van der Waals surface area contributed by atoms with Crippen LogP contribution in [0.15, 0.2) is 27.6 Å². The minimum absolute atomic E-state index is 0.299. The van der Waals surface area contributed by atoms with Crippen LogP contribution in [0.5, 0.6) is 0 Å². The summed E-state index contributed by atoms with van der Waals surface area (Å²) in [5, 5.41) is 3.93. The fourth-order valence-corrected chi connectivity index (χ4v) is 5.19. The van der Waals surface area contributed by atoms with Crippen molar-refractivity contribution in [2.45, 2.75) is 23.8 Å². The van der Waals surface area contributed by atoms with Gasteiger partial charge in [0.05, 0.1) is 9.92 Å². The molecule has 1 N–H and O–H groups in total. The molecular formula is C13H16BrClN2O2S. The van der Waals surface area contributed by atoms with Gasteiger partial charge in [-0.3, -0.25) is 0 Å². The molecule has 0 amide bonds. The maximum Gasteiger partial charge on any atom is 0.243 e. The van der Waals surface area contributed by atoms with Gasteiger partial charge in [-0.05, 0) is 59.4 Å². The zero-order valence-electron chi connectivity index (χ0n) is 10.9. The first-order chi connectivity index (χ1) is 9.48. The Morgan fingerprint density at radius 1 is 1.35 bits per heavy atom. The first-order valence-electron chi connectivity index (χ1n) is 6.67. The van der Waals surface area contributed by atoms with Gasteiger partial charge in [0.25, 0.3) is 0 Å². The smallest absolute Gasteiger partial charge is 0.243 e. The predicted molar refractivity (Wildman–Crippen MR) is 82.4 cm³/mol. The lowest BCUT2D eigenvalue weighted by Gasteiger charge is -2.24. The molecule has 110 valence electrons. The summed E-state index contributed by atoms with van der Waals surface area (Å²) < 4.78 is 27.6. The van der Waals surface area contributed by atoms with Crippen molar-refractivity contribution in [1.29, 1.82) is 0 Å². The van der Waals surface area contributed by atoms with Gasteiger partial charge in [0.1, 0.15) is 0 Å². The van der Waals surface area contributed by atoms with E-state index in [1.54, 1.807) is 22.5 Å². The van der Waals surface area contributed by atoms with E-state index < -0.39 is 10.0 Å². The van der Waals surface area contributed by atoms with Crippen molar-refractivity contribution in [3.8, 4) is 0 Å². The summed E-state index contributed by atoms with van der Waals surface area (Å²) >= 11 is 9.21. The van der Waals surface area contributed by atoms with Gasteiger partial charge in [-0.2, -0.15) is 4.31 Å². The quantitative estimate of drug-likeness (QED) is 0.859. The minimum atomic E-state index is -3.43. The van der Waals surface area contributed by atoms with Gasteiger partial charge in [0, 0.05) is 23.6 Å². The molecular weight excluding hydrogens is 364 g/mol. The highest BCUT2D eigenvalue weighted by atomic mass is 79.9. The molecule has 2 atom stereocenters. The Labute approximate surface area is 132 Å². The van der Waals surface area contributed by atoms with Crippen LogP contribution in [0.3, 0.4) is 0 Å². The molecule has 2 heterocycles. The van der Waals surface area contributed by atoms with Gasteiger partial charge in [-0.1, -0.05) is 11.6 Å². The molecule has 0 saturated carbocycles. The monoisotopic (exact) mass is 378 g/mol. The average molecular weight is 380 g/mol. The average Bonchev–Trinajstić information content (AvgIpc) is 2.86. The second-order valence-corrected chi connectivity index (χ2v) is 8.56. The molecule has 0 bridgehead atoms. The van der Waals surface area contributed by atoms with Crippen LogP contribution in [-0.2, 0) is 10.0 Å². The van der Waals surface area contributed by atoms with Gasteiger partial charge in [0.2, 0.25) is 10.0 Å². The number of sulfonamides is 1. The first-order valence-corrected chi connectivity index (χ1v) is 9.28. The van der Waals surface area contributed by atoms with Crippen LogP contribution in [0.2, 0.25) is 5.02 Å². The highest BCUT2D eigenvalue weighted by molar-refractivity contribution is 9.10. The molecule has 0 spiro atoms. The molecule has 0 aliphatic carbocycles. The van der Waals surface area contributed by atoms with E-state index >= 15 is 0 Å². The minimum Gasteiger partial charge on any atom is -0.312 e. The number of benzene rings is 1. The molecule has 2 aliphatic rings. The number of hydrogen-bond donors (Lipinski definition) is 1. The Morgan fingerprint density at radius 3 is 2.85 bits per heavy atom. The fourth-order valence-electron chi connectivity index (χ4n) is 2.99. The van der Waals surface area contributed by atoms with Crippen molar-refractivity contribution in [1.82, 2.24) is 9.62 Å². The number of rotatable bonds is 2. The molecule has 7 heteroatoms. The first kappa shape index (κ1) is 14.8. The van der Waals surface area contributed by atoms with Crippen LogP contribution >= 0.6 is 27.5 Å². The largest absolute Gasteiger partial charge is 0.312 e. The van der Waals surface area contributed by atoms with Gasteiger partial charge in [-0.15, -0.1) is 0 Å². The lowest BCUT2D eigenvalue weighted by atomic mass is 9.94. The molecule has 4 nitrogen and oxygen atoms in total. The Kier molecular flexibility index (Phi) is 4.12.